The summed E-state index contributed by atoms with van der Waals surface area (Å²) in [5.74, 6) is -0.0559. The van der Waals surface area contributed by atoms with E-state index in [1.807, 2.05) is 0 Å². The van der Waals surface area contributed by atoms with Crippen LogP contribution in [0, 0.1) is 6.92 Å². The number of anilines is 1. The molecule has 0 fully saturated rings. The molecule has 27 heavy (non-hydrogen) atoms. The summed E-state index contributed by atoms with van der Waals surface area (Å²) in [6.07, 6.45) is 0.590. The minimum atomic E-state index is -0.838. The molecule has 1 heterocycles. The van der Waals surface area contributed by atoms with Crippen LogP contribution in [0.5, 0.6) is 11.5 Å². The summed E-state index contributed by atoms with van der Waals surface area (Å²) in [5.41, 5.74) is 5.29. The van der Waals surface area contributed by atoms with Crippen molar-refractivity contribution in [1.82, 2.24) is 0 Å². The van der Waals surface area contributed by atoms with Gasteiger partial charge in [-0.15, -0.1) is 0 Å². The normalized spacial score (nSPS) is 10.3. The van der Waals surface area contributed by atoms with Crippen molar-refractivity contribution in [2.75, 3.05) is 19.0 Å². The van der Waals surface area contributed by atoms with Crippen molar-refractivity contribution in [1.29, 1.82) is 0 Å². The van der Waals surface area contributed by atoms with Gasteiger partial charge in [-0.1, -0.05) is 0 Å². The van der Waals surface area contributed by atoms with Crippen LogP contribution in [-0.4, -0.2) is 31.3 Å². The first kappa shape index (κ1) is 20.0. The molecule has 0 aliphatic carbocycles. The van der Waals surface area contributed by atoms with Crippen molar-refractivity contribution >= 4 is 23.5 Å². The van der Waals surface area contributed by atoms with Crippen LogP contribution in [0.4, 0.5) is 5.88 Å². The number of carbonyl (C=O) groups is 3. The van der Waals surface area contributed by atoms with Gasteiger partial charge in [-0.2, -0.15) is 0 Å². The predicted molar refractivity (Wildman–Crippen MR) is 98.3 cm³/mol. The molecule has 0 atom stereocenters. The topological polar surface area (TPSA) is 121 Å². The third-order valence-corrected chi connectivity index (χ3v) is 3.81. The van der Waals surface area contributed by atoms with Gasteiger partial charge in [0.2, 0.25) is 11.8 Å². The number of nitrogens with two attached hydrogens (primary N) is 1. The van der Waals surface area contributed by atoms with Gasteiger partial charge < -0.3 is 19.6 Å². The molecule has 0 saturated carbocycles. The summed E-state index contributed by atoms with van der Waals surface area (Å²) >= 11 is 0. The average Bonchev–Trinajstić information content (AvgIpc) is 2.95. The smallest absolute Gasteiger partial charge is 0.255 e. The maximum atomic E-state index is 12.1. The maximum Gasteiger partial charge on any atom is 0.255 e. The maximum absolute atomic E-state index is 12.1. The Morgan fingerprint density at radius 2 is 1.74 bits per heavy atom. The molecule has 1 aromatic carbocycles. The highest BCUT2D eigenvalue weighted by atomic mass is 16.5. The molecule has 0 bridgehead atoms. The minimum absolute atomic E-state index is 0.0839. The number of hydrogen-bond donors (Lipinski definition) is 2. The van der Waals surface area contributed by atoms with E-state index in [0.717, 1.165) is 5.75 Å². The zero-order valence-electron chi connectivity index (χ0n) is 15.5. The number of hydrogen-bond acceptors (Lipinski definition) is 6. The number of ether oxygens (including phenoxy) is 2. The van der Waals surface area contributed by atoms with Crippen LogP contribution in [0.25, 0.3) is 0 Å². The molecule has 2 amide bonds. The highest BCUT2D eigenvalue weighted by molar-refractivity contribution is 6.11. The van der Waals surface area contributed by atoms with Crippen LogP contribution in [0.1, 0.15) is 46.2 Å². The summed E-state index contributed by atoms with van der Waals surface area (Å²) in [6.45, 7) is 3.16. The summed E-state index contributed by atoms with van der Waals surface area (Å²) in [4.78, 5) is 35.4. The number of carbonyl (C=O) groups excluding carboxylic acids is 3. The Kier molecular flexibility index (Phi) is 6.59. The zero-order chi connectivity index (χ0) is 20.0. The van der Waals surface area contributed by atoms with E-state index >= 15 is 0 Å². The van der Waals surface area contributed by atoms with Crippen LogP contribution in [0.15, 0.2) is 28.7 Å². The Balaban J connectivity index is 1.89. The van der Waals surface area contributed by atoms with Crippen LogP contribution in [-0.2, 0) is 4.79 Å². The van der Waals surface area contributed by atoms with Gasteiger partial charge in [-0.3, -0.25) is 19.7 Å². The molecule has 0 aliphatic rings. The first-order valence-corrected chi connectivity index (χ1v) is 8.34. The largest absolute Gasteiger partial charge is 0.497 e. The lowest BCUT2D eigenvalue weighted by molar-refractivity contribution is -0.116. The van der Waals surface area contributed by atoms with Crippen LogP contribution >= 0.6 is 0 Å². The average molecular weight is 374 g/mol. The highest BCUT2D eigenvalue weighted by Crippen LogP contribution is 2.27. The molecular weight excluding hydrogens is 352 g/mol. The second-order valence-electron chi connectivity index (χ2n) is 5.83. The van der Waals surface area contributed by atoms with Gasteiger partial charge in [0.05, 0.1) is 19.3 Å². The quantitative estimate of drug-likeness (QED) is 0.514. The number of Topliss-reactive ketones (excluding diaryl/α,β-unsaturated/α-hetero) is 1. The van der Waals surface area contributed by atoms with Crippen molar-refractivity contribution in [3.8, 4) is 11.5 Å². The molecule has 0 saturated heterocycles. The number of ketones is 1. The Bertz CT molecular complexity index is 839. The van der Waals surface area contributed by atoms with E-state index in [1.165, 1.54) is 13.8 Å². The molecule has 8 nitrogen and oxygen atoms in total. The molecule has 8 heteroatoms. The molecule has 1 aromatic heterocycles. The van der Waals surface area contributed by atoms with E-state index in [1.54, 1.807) is 31.4 Å². The second kappa shape index (κ2) is 8.88. The van der Waals surface area contributed by atoms with Gasteiger partial charge in [0.1, 0.15) is 22.8 Å². The summed E-state index contributed by atoms with van der Waals surface area (Å²) in [5, 5.41) is 2.49. The van der Waals surface area contributed by atoms with E-state index < -0.39 is 5.91 Å². The number of methoxy groups -OCH3 is 1. The first-order valence-electron chi connectivity index (χ1n) is 8.34. The molecule has 2 rings (SSSR count). The van der Waals surface area contributed by atoms with Crippen molar-refractivity contribution in [2.45, 2.75) is 26.7 Å². The van der Waals surface area contributed by atoms with Crippen molar-refractivity contribution in [3.63, 3.8) is 0 Å². The molecule has 0 aliphatic heterocycles. The summed E-state index contributed by atoms with van der Waals surface area (Å²) in [7, 11) is 1.58. The number of aryl methyl sites for hydroxylation is 1. The Morgan fingerprint density at radius 3 is 2.30 bits per heavy atom. The summed E-state index contributed by atoms with van der Waals surface area (Å²) < 4.78 is 15.9. The standard InChI is InChI=1S/C19H22N2O6/c1-11(22)16-12(2)27-19(17(16)18(20)24)21-15(23)5-4-10-26-14-8-6-13(25-3)7-9-14/h6-9H,4-5,10H2,1-3H3,(H2,20,24)(H,21,23). The molecule has 2 aromatic rings. The van der Waals surface area contributed by atoms with E-state index in [-0.39, 0.29) is 40.9 Å². The van der Waals surface area contributed by atoms with Crippen LogP contribution in [0.2, 0.25) is 0 Å². The molecular formula is C19H22N2O6. The fourth-order valence-electron chi connectivity index (χ4n) is 2.58. The molecule has 0 unspecified atom stereocenters. The fourth-order valence-corrected chi connectivity index (χ4v) is 2.58. The predicted octanol–water partition coefficient (Wildman–Crippen LogP) is 2.70. The van der Waals surface area contributed by atoms with Crippen molar-refractivity contribution in [2.24, 2.45) is 5.73 Å². The van der Waals surface area contributed by atoms with Gasteiger partial charge in [-0.05, 0) is 44.5 Å². The van der Waals surface area contributed by atoms with Gasteiger partial charge in [-0.25, -0.2) is 0 Å². The highest BCUT2D eigenvalue weighted by Gasteiger charge is 2.25. The lowest BCUT2D eigenvalue weighted by Crippen LogP contribution is -2.19. The lowest BCUT2D eigenvalue weighted by Gasteiger charge is -2.07. The van der Waals surface area contributed by atoms with Crippen LogP contribution in [0.3, 0.4) is 0 Å². The zero-order valence-corrected chi connectivity index (χ0v) is 15.5. The number of amides is 2. The second-order valence-corrected chi connectivity index (χ2v) is 5.83. The van der Waals surface area contributed by atoms with E-state index in [0.29, 0.717) is 18.8 Å². The fraction of sp³-hybridized carbons (Fsp3) is 0.316. The number of nitrogens with one attached hydrogen (secondary N) is 1. The van der Waals surface area contributed by atoms with E-state index in [9.17, 15) is 14.4 Å². The first-order chi connectivity index (χ1) is 12.8. The van der Waals surface area contributed by atoms with Gasteiger partial charge >= 0.3 is 0 Å². The molecule has 0 spiro atoms. The van der Waals surface area contributed by atoms with Gasteiger partial charge in [0, 0.05) is 6.42 Å². The monoisotopic (exact) mass is 374 g/mol. The molecule has 0 radical (unpaired) electrons. The van der Waals surface area contributed by atoms with Crippen LogP contribution < -0.4 is 20.5 Å². The van der Waals surface area contributed by atoms with Gasteiger partial charge in [0.15, 0.2) is 5.78 Å². The number of primary amides is 1. The lowest BCUT2D eigenvalue weighted by atomic mass is 10.1. The van der Waals surface area contributed by atoms with Gasteiger partial charge in [0.25, 0.3) is 5.91 Å². The Morgan fingerprint density at radius 1 is 1.11 bits per heavy atom. The third-order valence-electron chi connectivity index (χ3n) is 3.81. The van der Waals surface area contributed by atoms with Crippen molar-refractivity contribution in [3.05, 3.63) is 41.2 Å². The molecule has 144 valence electrons. The SMILES string of the molecule is COc1ccc(OCCCC(=O)Nc2oc(C)c(C(C)=O)c2C(N)=O)cc1. The van der Waals surface area contributed by atoms with E-state index in [2.05, 4.69) is 5.32 Å². The number of rotatable bonds is 9. The number of furan rings is 1. The number of benzene rings is 1. The van der Waals surface area contributed by atoms with E-state index in [4.69, 9.17) is 19.6 Å². The summed E-state index contributed by atoms with van der Waals surface area (Å²) in [6, 6.07) is 7.10. The molecule has 3 N–H and O–H groups in total. The Hall–Kier alpha value is -3.29. The van der Waals surface area contributed by atoms with Crippen molar-refractivity contribution < 1.29 is 28.3 Å². The third kappa shape index (κ3) is 5.10. The minimum Gasteiger partial charge on any atom is -0.497 e. The Labute approximate surface area is 156 Å².